The molecule has 0 aliphatic rings. The first kappa shape index (κ1) is 15.3. The number of hydrogen-bond donors (Lipinski definition) is 1. The summed E-state index contributed by atoms with van der Waals surface area (Å²) in [6, 6.07) is 13.9. The summed E-state index contributed by atoms with van der Waals surface area (Å²) in [5, 5.41) is 2.91. The van der Waals surface area contributed by atoms with Gasteiger partial charge >= 0.3 is 0 Å². The average molecular weight is 308 g/mol. The van der Waals surface area contributed by atoms with E-state index in [1.165, 1.54) is 0 Å². The maximum atomic E-state index is 11.6. The standard InChI is InChI=1S/C19H20N2O2/c1-12(2)18(22)20-11-14-5-7-15(8-6-14)19-21-16-9-4-13(3)10-17(16)23-19/h4-10,12H,11H2,1-3H3,(H,20,22). The molecule has 118 valence electrons. The van der Waals surface area contributed by atoms with Gasteiger partial charge in [-0.1, -0.05) is 32.0 Å². The predicted octanol–water partition coefficient (Wildman–Crippen LogP) is 4.08. The van der Waals surface area contributed by atoms with Gasteiger partial charge in [0.15, 0.2) is 5.58 Å². The van der Waals surface area contributed by atoms with Crippen molar-refractivity contribution in [2.75, 3.05) is 0 Å². The van der Waals surface area contributed by atoms with Crippen LogP contribution in [0.1, 0.15) is 25.0 Å². The third-order valence-electron chi connectivity index (χ3n) is 3.74. The Morgan fingerprint density at radius 3 is 2.61 bits per heavy atom. The molecule has 1 aromatic heterocycles. The van der Waals surface area contributed by atoms with Crippen LogP contribution in [0.15, 0.2) is 46.9 Å². The molecule has 1 amide bonds. The van der Waals surface area contributed by atoms with Gasteiger partial charge in [-0.3, -0.25) is 4.79 Å². The summed E-state index contributed by atoms with van der Waals surface area (Å²) < 4.78 is 5.82. The summed E-state index contributed by atoms with van der Waals surface area (Å²) in [6.07, 6.45) is 0. The zero-order chi connectivity index (χ0) is 16.4. The number of nitrogens with one attached hydrogen (secondary N) is 1. The number of nitrogens with zero attached hydrogens (tertiary/aromatic N) is 1. The van der Waals surface area contributed by atoms with Crippen LogP contribution in [-0.4, -0.2) is 10.9 Å². The summed E-state index contributed by atoms with van der Waals surface area (Å²) in [7, 11) is 0. The molecule has 0 bridgehead atoms. The smallest absolute Gasteiger partial charge is 0.227 e. The van der Waals surface area contributed by atoms with Crippen LogP contribution in [0.25, 0.3) is 22.6 Å². The van der Waals surface area contributed by atoms with E-state index in [4.69, 9.17) is 4.42 Å². The first-order chi connectivity index (χ1) is 11.0. The molecule has 0 atom stereocenters. The largest absolute Gasteiger partial charge is 0.436 e. The number of fused-ring (bicyclic) bond motifs is 1. The minimum Gasteiger partial charge on any atom is -0.436 e. The number of amides is 1. The minimum absolute atomic E-state index is 0.00233. The van der Waals surface area contributed by atoms with Gasteiger partial charge in [0.05, 0.1) is 0 Å². The molecular formula is C19H20N2O2. The fraction of sp³-hybridized carbons (Fsp3) is 0.263. The molecule has 4 nitrogen and oxygen atoms in total. The molecule has 0 radical (unpaired) electrons. The van der Waals surface area contributed by atoms with Gasteiger partial charge < -0.3 is 9.73 Å². The van der Waals surface area contributed by atoms with Crippen LogP contribution in [0.4, 0.5) is 0 Å². The number of rotatable bonds is 4. The van der Waals surface area contributed by atoms with Crippen LogP contribution < -0.4 is 5.32 Å². The Hall–Kier alpha value is -2.62. The lowest BCUT2D eigenvalue weighted by Crippen LogP contribution is -2.27. The Morgan fingerprint density at radius 1 is 1.17 bits per heavy atom. The van der Waals surface area contributed by atoms with Crippen molar-refractivity contribution in [2.45, 2.75) is 27.3 Å². The fourth-order valence-electron chi connectivity index (χ4n) is 2.31. The second-order valence-electron chi connectivity index (χ2n) is 6.06. The highest BCUT2D eigenvalue weighted by Gasteiger charge is 2.09. The molecule has 0 saturated carbocycles. The molecule has 0 spiro atoms. The van der Waals surface area contributed by atoms with Crippen LogP contribution in [-0.2, 0) is 11.3 Å². The van der Waals surface area contributed by atoms with E-state index < -0.39 is 0 Å². The first-order valence-corrected chi connectivity index (χ1v) is 7.77. The fourth-order valence-corrected chi connectivity index (χ4v) is 2.31. The second-order valence-corrected chi connectivity index (χ2v) is 6.06. The molecule has 0 aliphatic heterocycles. The SMILES string of the molecule is Cc1ccc2nc(-c3ccc(CNC(=O)C(C)C)cc3)oc2c1. The normalized spacial score (nSPS) is 11.1. The van der Waals surface area contributed by atoms with Gasteiger partial charge in [0.25, 0.3) is 0 Å². The number of hydrogen-bond acceptors (Lipinski definition) is 3. The number of benzene rings is 2. The Kier molecular flexibility index (Phi) is 4.15. The molecule has 4 heteroatoms. The van der Waals surface area contributed by atoms with Crippen LogP contribution in [0.5, 0.6) is 0 Å². The molecule has 0 aliphatic carbocycles. The molecule has 0 saturated heterocycles. The van der Waals surface area contributed by atoms with Crippen LogP contribution in [0.3, 0.4) is 0 Å². The summed E-state index contributed by atoms with van der Waals surface area (Å²) in [5.74, 6) is 0.671. The number of oxazole rings is 1. The molecule has 23 heavy (non-hydrogen) atoms. The number of aryl methyl sites for hydroxylation is 1. The Balaban J connectivity index is 1.76. The lowest BCUT2D eigenvalue weighted by Gasteiger charge is -2.07. The lowest BCUT2D eigenvalue weighted by molar-refractivity contribution is -0.124. The van der Waals surface area contributed by atoms with Gasteiger partial charge in [-0.2, -0.15) is 0 Å². The van der Waals surface area contributed by atoms with Gasteiger partial charge in [-0.15, -0.1) is 0 Å². The summed E-state index contributed by atoms with van der Waals surface area (Å²) in [5.41, 5.74) is 4.79. The van der Waals surface area contributed by atoms with Gasteiger partial charge in [-0.05, 0) is 42.3 Å². The highest BCUT2D eigenvalue weighted by Crippen LogP contribution is 2.25. The van der Waals surface area contributed by atoms with Crippen LogP contribution in [0, 0.1) is 12.8 Å². The van der Waals surface area contributed by atoms with E-state index in [-0.39, 0.29) is 11.8 Å². The molecule has 2 aromatic carbocycles. The van der Waals surface area contributed by atoms with Crippen molar-refractivity contribution < 1.29 is 9.21 Å². The maximum absolute atomic E-state index is 11.6. The Labute approximate surface area is 135 Å². The second kappa shape index (κ2) is 6.24. The molecule has 1 N–H and O–H groups in total. The number of carbonyl (C=O) groups is 1. The van der Waals surface area contributed by atoms with Crippen molar-refractivity contribution in [1.29, 1.82) is 0 Å². The Bertz CT molecular complexity index is 832. The van der Waals surface area contributed by atoms with Crippen molar-refractivity contribution >= 4 is 17.0 Å². The van der Waals surface area contributed by atoms with Crippen molar-refractivity contribution in [1.82, 2.24) is 10.3 Å². The molecule has 3 aromatic rings. The highest BCUT2D eigenvalue weighted by molar-refractivity contribution is 5.78. The van der Waals surface area contributed by atoms with Crippen molar-refractivity contribution in [3.05, 3.63) is 53.6 Å². The van der Waals surface area contributed by atoms with Crippen molar-refractivity contribution in [2.24, 2.45) is 5.92 Å². The molecule has 3 rings (SSSR count). The molecule has 0 fully saturated rings. The lowest BCUT2D eigenvalue weighted by atomic mass is 10.1. The topological polar surface area (TPSA) is 55.1 Å². The van der Waals surface area contributed by atoms with Gasteiger partial charge in [0, 0.05) is 18.0 Å². The first-order valence-electron chi connectivity index (χ1n) is 7.77. The summed E-state index contributed by atoms with van der Waals surface area (Å²) in [6.45, 7) is 6.33. The monoisotopic (exact) mass is 308 g/mol. The Morgan fingerprint density at radius 2 is 1.91 bits per heavy atom. The van der Waals surface area contributed by atoms with E-state index in [1.807, 2.05) is 63.2 Å². The zero-order valence-electron chi connectivity index (χ0n) is 13.6. The van der Waals surface area contributed by atoms with E-state index >= 15 is 0 Å². The highest BCUT2D eigenvalue weighted by atomic mass is 16.3. The molecular weight excluding hydrogens is 288 g/mol. The third-order valence-corrected chi connectivity index (χ3v) is 3.74. The minimum atomic E-state index is -0.00233. The van der Waals surface area contributed by atoms with Crippen molar-refractivity contribution in [3.63, 3.8) is 0 Å². The zero-order valence-corrected chi connectivity index (χ0v) is 13.6. The van der Waals surface area contributed by atoms with Gasteiger partial charge in [-0.25, -0.2) is 4.98 Å². The van der Waals surface area contributed by atoms with Crippen molar-refractivity contribution in [3.8, 4) is 11.5 Å². The predicted molar refractivity (Wildman–Crippen MR) is 90.9 cm³/mol. The maximum Gasteiger partial charge on any atom is 0.227 e. The van der Waals surface area contributed by atoms with Gasteiger partial charge in [0.1, 0.15) is 5.52 Å². The van der Waals surface area contributed by atoms with Crippen LogP contribution >= 0.6 is 0 Å². The van der Waals surface area contributed by atoms with E-state index in [0.29, 0.717) is 12.4 Å². The van der Waals surface area contributed by atoms with E-state index in [2.05, 4.69) is 10.3 Å². The van der Waals surface area contributed by atoms with E-state index in [9.17, 15) is 4.79 Å². The van der Waals surface area contributed by atoms with E-state index in [0.717, 1.165) is 27.8 Å². The van der Waals surface area contributed by atoms with Crippen LogP contribution in [0.2, 0.25) is 0 Å². The molecule has 1 heterocycles. The summed E-state index contributed by atoms with van der Waals surface area (Å²) in [4.78, 5) is 16.1. The number of aromatic nitrogens is 1. The quantitative estimate of drug-likeness (QED) is 0.790. The van der Waals surface area contributed by atoms with Gasteiger partial charge in [0.2, 0.25) is 11.8 Å². The third kappa shape index (κ3) is 3.42. The van der Waals surface area contributed by atoms with E-state index in [1.54, 1.807) is 0 Å². The molecule has 0 unspecified atom stereocenters. The summed E-state index contributed by atoms with van der Waals surface area (Å²) >= 11 is 0. The average Bonchev–Trinajstić information content (AvgIpc) is 2.96. The number of carbonyl (C=O) groups excluding carboxylic acids is 1.